The van der Waals surface area contributed by atoms with Crippen molar-refractivity contribution in [2.75, 3.05) is 25.0 Å². The van der Waals surface area contributed by atoms with Gasteiger partial charge in [0.05, 0.1) is 17.9 Å². The van der Waals surface area contributed by atoms with Gasteiger partial charge in [-0.1, -0.05) is 18.2 Å². The summed E-state index contributed by atoms with van der Waals surface area (Å²) in [6, 6.07) is 7.64. The number of anilines is 1. The van der Waals surface area contributed by atoms with Gasteiger partial charge in [-0.05, 0) is 32.4 Å². The van der Waals surface area contributed by atoms with Gasteiger partial charge in [0.25, 0.3) is 5.91 Å². The van der Waals surface area contributed by atoms with Crippen molar-refractivity contribution in [3.63, 3.8) is 0 Å². The number of amides is 1. The number of aryl methyl sites for hydroxylation is 1. The summed E-state index contributed by atoms with van der Waals surface area (Å²) in [6.07, 6.45) is 0.463. The van der Waals surface area contributed by atoms with Gasteiger partial charge in [0.1, 0.15) is 5.75 Å². The Hall–Kier alpha value is -1.96. The highest BCUT2D eigenvalue weighted by Gasteiger charge is 2.22. The molecule has 0 bridgehead atoms. The van der Waals surface area contributed by atoms with Gasteiger partial charge < -0.3 is 9.47 Å². The number of aromatic nitrogens is 1. The molecule has 0 saturated carbocycles. The van der Waals surface area contributed by atoms with Crippen LogP contribution in [0.4, 0.5) is 5.13 Å². The van der Waals surface area contributed by atoms with Crippen LogP contribution < -0.4 is 10.1 Å². The smallest absolute Gasteiger partial charge is 0.264 e. The Bertz CT molecular complexity index is 739. The van der Waals surface area contributed by atoms with Crippen molar-refractivity contribution >= 4 is 22.4 Å². The molecule has 0 aliphatic carbocycles. The lowest BCUT2D eigenvalue weighted by Gasteiger charge is -2.34. The van der Waals surface area contributed by atoms with Crippen LogP contribution in [0.2, 0.25) is 0 Å². The minimum Gasteiger partial charge on any atom is -0.483 e. The van der Waals surface area contributed by atoms with Crippen molar-refractivity contribution in [2.24, 2.45) is 0 Å². The standard InChI is InChI=1S/C19H25N3O3S/c1-13-6-4-5-7-17(13)24-11-18(23)21-19-20-16(12-26-19)10-22-8-14(2)25-15(3)9-22/h4-7,12,14-15H,8-11H2,1-3H3,(H,20,21,23). The third-order valence-corrected chi connectivity index (χ3v) is 4.94. The molecule has 1 aliphatic heterocycles. The molecule has 7 heteroatoms. The summed E-state index contributed by atoms with van der Waals surface area (Å²) < 4.78 is 11.3. The molecule has 1 fully saturated rings. The van der Waals surface area contributed by atoms with E-state index < -0.39 is 0 Å². The summed E-state index contributed by atoms with van der Waals surface area (Å²) in [6.45, 7) is 8.66. The minimum absolute atomic E-state index is 0.0295. The van der Waals surface area contributed by atoms with Crippen molar-refractivity contribution in [3.8, 4) is 5.75 Å². The molecule has 0 radical (unpaired) electrons. The quantitative estimate of drug-likeness (QED) is 0.841. The van der Waals surface area contributed by atoms with E-state index in [1.54, 1.807) is 0 Å². The van der Waals surface area contributed by atoms with Crippen molar-refractivity contribution in [3.05, 3.63) is 40.9 Å². The first kappa shape index (κ1) is 18.8. The summed E-state index contributed by atoms with van der Waals surface area (Å²) >= 11 is 1.44. The van der Waals surface area contributed by atoms with Gasteiger partial charge in [0.15, 0.2) is 11.7 Å². The maximum absolute atomic E-state index is 12.1. The van der Waals surface area contributed by atoms with E-state index in [1.165, 1.54) is 11.3 Å². The van der Waals surface area contributed by atoms with E-state index in [4.69, 9.17) is 9.47 Å². The molecular formula is C19H25N3O3S. The van der Waals surface area contributed by atoms with E-state index >= 15 is 0 Å². The van der Waals surface area contributed by atoms with Crippen LogP contribution in [0.25, 0.3) is 0 Å². The number of para-hydroxylation sites is 1. The van der Waals surface area contributed by atoms with Crippen LogP contribution in [0, 0.1) is 6.92 Å². The van der Waals surface area contributed by atoms with Crippen LogP contribution in [0.3, 0.4) is 0 Å². The third kappa shape index (κ3) is 5.27. The number of rotatable bonds is 6. The van der Waals surface area contributed by atoms with E-state index in [0.29, 0.717) is 5.13 Å². The predicted molar refractivity (Wildman–Crippen MR) is 103 cm³/mol. The average molecular weight is 375 g/mol. The first-order valence-electron chi connectivity index (χ1n) is 8.80. The van der Waals surface area contributed by atoms with Crippen LogP contribution in [0.1, 0.15) is 25.1 Å². The van der Waals surface area contributed by atoms with Crippen LogP contribution >= 0.6 is 11.3 Å². The zero-order valence-electron chi connectivity index (χ0n) is 15.4. The summed E-state index contributed by atoms with van der Waals surface area (Å²) in [7, 11) is 0. The molecule has 1 aromatic carbocycles. The molecule has 2 aromatic rings. The van der Waals surface area contributed by atoms with Crippen LogP contribution in [-0.2, 0) is 16.1 Å². The average Bonchev–Trinajstić information content (AvgIpc) is 3.00. The molecule has 1 N–H and O–H groups in total. The number of benzene rings is 1. The summed E-state index contributed by atoms with van der Waals surface area (Å²) in [4.78, 5) is 18.9. The lowest BCUT2D eigenvalue weighted by molar-refractivity contribution is -0.118. The Balaban J connectivity index is 1.48. The largest absolute Gasteiger partial charge is 0.483 e. The summed E-state index contributed by atoms with van der Waals surface area (Å²) in [5, 5.41) is 5.40. The van der Waals surface area contributed by atoms with Gasteiger partial charge in [-0.15, -0.1) is 11.3 Å². The number of morpholine rings is 1. The second kappa shape index (κ2) is 8.62. The summed E-state index contributed by atoms with van der Waals surface area (Å²) in [5.74, 6) is 0.515. The predicted octanol–water partition coefficient (Wildman–Crippen LogP) is 3.08. The van der Waals surface area contributed by atoms with Crippen LogP contribution in [0.15, 0.2) is 29.6 Å². The topological polar surface area (TPSA) is 63.7 Å². The molecule has 26 heavy (non-hydrogen) atoms. The fourth-order valence-electron chi connectivity index (χ4n) is 3.10. The van der Waals surface area contributed by atoms with E-state index in [1.807, 2.05) is 36.6 Å². The molecule has 140 valence electrons. The molecule has 1 aliphatic rings. The number of ether oxygens (including phenoxy) is 2. The molecule has 2 heterocycles. The van der Waals surface area contributed by atoms with E-state index in [9.17, 15) is 4.79 Å². The van der Waals surface area contributed by atoms with Crippen molar-refractivity contribution in [2.45, 2.75) is 39.5 Å². The number of nitrogens with zero attached hydrogens (tertiary/aromatic N) is 2. The van der Waals surface area contributed by atoms with Crippen molar-refractivity contribution in [1.82, 2.24) is 9.88 Å². The number of thiazole rings is 1. The minimum atomic E-state index is -0.206. The molecule has 1 saturated heterocycles. The molecule has 3 rings (SSSR count). The van der Waals surface area contributed by atoms with Crippen molar-refractivity contribution in [1.29, 1.82) is 0 Å². The Morgan fingerprint density at radius 3 is 2.81 bits per heavy atom. The highest BCUT2D eigenvalue weighted by Crippen LogP contribution is 2.20. The Morgan fingerprint density at radius 1 is 1.35 bits per heavy atom. The first-order chi connectivity index (χ1) is 12.5. The van der Waals surface area contributed by atoms with Gasteiger partial charge in [0, 0.05) is 25.0 Å². The van der Waals surface area contributed by atoms with Gasteiger partial charge in [-0.3, -0.25) is 15.0 Å². The number of hydrogen-bond donors (Lipinski definition) is 1. The van der Waals surface area contributed by atoms with Gasteiger partial charge in [-0.2, -0.15) is 0 Å². The number of carbonyl (C=O) groups excluding carboxylic acids is 1. The molecular weight excluding hydrogens is 350 g/mol. The normalized spacial score (nSPS) is 20.7. The number of nitrogens with one attached hydrogen (secondary N) is 1. The zero-order chi connectivity index (χ0) is 18.5. The van der Waals surface area contributed by atoms with E-state index in [0.717, 1.165) is 36.6 Å². The third-order valence-electron chi connectivity index (χ3n) is 4.13. The fourth-order valence-corrected chi connectivity index (χ4v) is 3.81. The van der Waals surface area contributed by atoms with Crippen molar-refractivity contribution < 1.29 is 14.3 Å². The first-order valence-corrected chi connectivity index (χ1v) is 9.68. The summed E-state index contributed by atoms with van der Waals surface area (Å²) in [5.41, 5.74) is 1.97. The maximum Gasteiger partial charge on any atom is 0.264 e. The van der Waals surface area contributed by atoms with Gasteiger partial charge in [0.2, 0.25) is 0 Å². The van der Waals surface area contributed by atoms with Gasteiger partial charge in [-0.25, -0.2) is 4.98 Å². The molecule has 6 nitrogen and oxygen atoms in total. The number of hydrogen-bond acceptors (Lipinski definition) is 6. The zero-order valence-corrected chi connectivity index (χ0v) is 16.2. The second-order valence-electron chi connectivity index (χ2n) is 6.70. The number of carbonyl (C=O) groups is 1. The molecule has 2 unspecified atom stereocenters. The maximum atomic E-state index is 12.1. The monoisotopic (exact) mass is 375 g/mol. The van der Waals surface area contributed by atoms with E-state index in [2.05, 4.69) is 29.0 Å². The lowest BCUT2D eigenvalue weighted by Crippen LogP contribution is -2.44. The van der Waals surface area contributed by atoms with Crippen LogP contribution in [0.5, 0.6) is 5.75 Å². The SMILES string of the molecule is Cc1ccccc1OCC(=O)Nc1nc(CN2CC(C)OC(C)C2)cs1. The lowest BCUT2D eigenvalue weighted by atomic mass is 10.2. The highest BCUT2D eigenvalue weighted by molar-refractivity contribution is 7.13. The Morgan fingerprint density at radius 2 is 2.08 bits per heavy atom. The second-order valence-corrected chi connectivity index (χ2v) is 7.56. The molecule has 2 atom stereocenters. The van der Waals surface area contributed by atoms with Crippen LogP contribution in [-0.4, -0.2) is 47.7 Å². The Kier molecular flexibility index (Phi) is 6.24. The molecule has 0 spiro atoms. The molecule has 1 amide bonds. The highest BCUT2D eigenvalue weighted by atomic mass is 32.1. The van der Waals surface area contributed by atoms with Gasteiger partial charge >= 0.3 is 0 Å². The Labute approximate surface area is 158 Å². The molecule has 1 aromatic heterocycles. The fraction of sp³-hybridized carbons (Fsp3) is 0.474. The van der Waals surface area contributed by atoms with E-state index in [-0.39, 0.29) is 24.7 Å².